The number of carbonyl (C=O) groups is 2. The second-order valence-electron chi connectivity index (χ2n) is 4.57. The summed E-state index contributed by atoms with van der Waals surface area (Å²) in [4.78, 5) is 22.5. The summed E-state index contributed by atoms with van der Waals surface area (Å²) in [6, 6.07) is 7.56. The summed E-state index contributed by atoms with van der Waals surface area (Å²) in [5.41, 5.74) is 0.991. The van der Waals surface area contributed by atoms with Crippen LogP contribution in [-0.4, -0.2) is 17.0 Å². The molecule has 2 rings (SSSR count). The van der Waals surface area contributed by atoms with Gasteiger partial charge in [-0.2, -0.15) is 0 Å². The molecule has 2 N–H and O–H groups in total. The lowest BCUT2D eigenvalue weighted by atomic mass is 10.1. The Labute approximate surface area is 114 Å². The number of hydrogen-bond donors (Lipinski definition) is 2. The number of aliphatic carboxylic acids is 1. The molecule has 1 aromatic carbocycles. The van der Waals surface area contributed by atoms with E-state index in [0.29, 0.717) is 6.42 Å². The number of halogens is 1. The summed E-state index contributed by atoms with van der Waals surface area (Å²) < 4.78 is 0.955. The first-order valence-corrected chi connectivity index (χ1v) is 6.57. The van der Waals surface area contributed by atoms with Crippen LogP contribution in [-0.2, 0) is 9.59 Å². The average molecular weight is 312 g/mol. The average Bonchev–Trinajstić information content (AvgIpc) is 3.08. The predicted molar refractivity (Wildman–Crippen MR) is 69.9 cm³/mol. The molecule has 1 aliphatic carbocycles. The highest BCUT2D eigenvalue weighted by Gasteiger charge is 2.48. The molecule has 1 fully saturated rings. The number of carbonyl (C=O) groups excluding carboxylic acids is 1. The Morgan fingerprint density at radius 1 is 1.44 bits per heavy atom. The monoisotopic (exact) mass is 311 g/mol. The van der Waals surface area contributed by atoms with Gasteiger partial charge in [-0.25, -0.2) is 0 Å². The van der Waals surface area contributed by atoms with Crippen molar-refractivity contribution in [2.24, 2.45) is 11.8 Å². The van der Waals surface area contributed by atoms with Crippen molar-refractivity contribution in [2.75, 3.05) is 0 Å². The minimum absolute atomic E-state index is 0.120. The normalized spacial score (nSPS) is 23.2. The lowest BCUT2D eigenvalue weighted by molar-refractivity contribution is -0.140. The van der Waals surface area contributed by atoms with E-state index in [4.69, 9.17) is 5.11 Å². The van der Waals surface area contributed by atoms with E-state index in [1.165, 1.54) is 0 Å². The fourth-order valence-electron chi connectivity index (χ4n) is 1.94. The number of carboxylic acids is 1. The largest absolute Gasteiger partial charge is 0.481 e. The minimum atomic E-state index is -0.884. The van der Waals surface area contributed by atoms with Crippen LogP contribution in [0.1, 0.15) is 24.9 Å². The second-order valence-corrected chi connectivity index (χ2v) is 5.49. The summed E-state index contributed by atoms with van der Waals surface area (Å²) in [7, 11) is 0. The van der Waals surface area contributed by atoms with E-state index < -0.39 is 11.9 Å². The number of rotatable bonds is 4. The van der Waals surface area contributed by atoms with Crippen molar-refractivity contribution in [2.45, 2.75) is 19.4 Å². The summed E-state index contributed by atoms with van der Waals surface area (Å²) in [6.45, 7) is 1.89. The summed E-state index contributed by atoms with van der Waals surface area (Å²) >= 11 is 3.38. The fraction of sp³-hybridized carbons (Fsp3) is 0.385. The molecule has 1 aromatic rings. The third-order valence-corrected chi connectivity index (χ3v) is 3.65. The molecule has 0 bridgehead atoms. The molecule has 1 aliphatic rings. The molecule has 0 heterocycles. The quantitative estimate of drug-likeness (QED) is 0.897. The summed E-state index contributed by atoms with van der Waals surface area (Å²) in [6.07, 6.45) is 0.451. The predicted octanol–water partition coefficient (Wildman–Crippen LogP) is 2.35. The SMILES string of the molecule is C[C@H](NC(=O)C1CC1C(=O)O)c1cccc(Br)c1. The maximum atomic E-state index is 11.8. The van der Waals surface area contributed by atoms with Crippen LogP contribution in [0, 0.1) is 11.8 Å². The maximum absolute atomic E-state index is 11.8. The molecule has 0 aromatic heterocycles. The van der Waals surface area contributed by atoms with Gasteiger partial charge in [0.1, 0.15) is 0 Å². The van der Waals surface area contributed by atoms with Crippen molar-refractivity contribution in [1.82, 2.24) is 5.32 Å². The Morgan fingerprint density at radius 3 is 2.72 bits per heavy atom. The maximum Gasteiger partial charge on any atom is 0.307 e. The van der Waals surface area contributed by atoms with Gasteiger partial charge < -0.3 is 10.4 Å². The zero-order chi connectivity index (χ0) is 13.3. The Morgan fingerprint density at radius 2 is 2.17 bits per heavy atom. The highest BCUT2D eigenvalue weighted by molar-refractivity contribution is 9.10. The highest BCUT2D eigenvalue weighted by atomic mass is 79.9. The van der Waals surface area contributed by atoms with Crippen molar-refractivity contribution in [3.8, 4) is 0 Å². The van der Waals surface area contributed by atoms with Crippen molar-refractivity contribution in [3.63, 3.8) is 0 Å². The first kappa shape index (κ1) is 13.1. The lowest BCUT2D eigenvalue weighted by Gasteiger charge is -2.14. The standard InChI is InChI=1S/C13H14BrNO3/c1-7(8-3-2-4-9(14)5-8)15-12(16)10-6-11(10)13(17)18/h2-5,7,10-11H,6H2,1H3,(H,15,16)(H,17,18)/t7-,10?,11?/m0/s1. The van der Waals surface area contributed by atoms with E-state index in [1.807, 2.05) is 31.2 Å². The first-order chi connectivity index (χ1) is 8.49. The van der Waals surface area contributed by atoms with E-state index in [0.717, 1.165) is 10.0 Å². The Kier molecular flexibility index (Phi) is 3.71. The van der Waals surface area contributed by atoms with Crippen LogP contribution in [0.25, 0.3) is 0 Å². The van der Waals surface area contributed by atoms with Gasteiger partial charge in [-0.1, -0.05) is 28.1 Å². The molecule has 0 radical (unpaired) electrons. The van der Waals surface area contributed by atoms with Crippen molar-refractivity contribution < 1.29 is 14.7 Å². The zero-order valence-corrected chi connectivity index (χ0v) is 11.5. The van der Waals surface area contributed by atoms with E-state index in [9.17, 15) is 9.59 Å². The van der Waals surface area contributed by atoms with E-state index in [2.05, 4.69) is 21.2 Å². The Balaban J connectivity index is 1.94. The molecule has 2 unspecified atom stereocenters. The smallest absolute Gasteiger partial charge is 0.307 e. The molecular weight excluding hydrogens is 298 g/mol. The Bertz CT molecular complexity index is 489. The zero-order valence-electron chi connectivity index (χ0n) is 9.89. The molecule has 96 valence electrons. The molecule has 0 saturated heterocycles. The van der Waals surface area contributed by atoms with E-state index in [1.54, 1.807) is 0 Å². The van der Waals surface area contributed by atoms with Gasteiger partial charge in [-0.15, -0.1) is 0 Å². The van der Waals surface area contributed by atoms with Crippen LogP contribution >= 0.6 is 15.9 Å². The van der Waals surface area contributed by atoms with Gasteiger partial charge in [0.25, 0.3) is 0 Å². The van der Waals surface area contributed by atoms with Crippen LogP contribution < -0.4 is 5.32 Å². The van der Waals surface area contributed by atoms with Crippen LogP contribution in [0.15, 0.2) is 28.7 Å². The molecule has 18 heavy (non-hydrogen) atoms. The number of nitrogens with one attached hydrogen (secondary N) is 1. The molecule has 0 aliphatic heterocycles. The minimum Gasteiger partial charge on any atom is -0.481 e. The van der Waals surface area contributed by atoms with Gasteiger partial charge in [-0.3, -0.25) is 9.59 Å². The summed E-state index contributed by atoms with van der Waals surface area (Å²) in [5, 5.41) is 11.6. The van der Waals surface area contributed by atoms with Crippen LogP contribution in [0.4, 0.5) is 0 Å². The van der Waals surface area contributed by atoms with Gasteiger partial charge in [0, 0.05) is 4.47 Å². The number of benzene rings is 1. The molecule has 1 saturated carbocycles. The second kappa shape index (κ2) is 5.10. The molecule has 3 atom stereocenters. The molecule has 5 heteroatoms. The third-order valence-electron chi connectivity index (χ3n) is 3.15. The van der Waals surface area contributed by atoms with E-state index in [-0.39, 0.29) is 17.9 Å². The van der Waals surface area contributed by atoms with Crippen LogP contribution in [0.3, 0.4) is 0 Å². The first-order valence-electron chi connectivity index (χ1n) is 5.77. The highest BCUT2D eigenvalue weighted by Crippen LogP contribution is 2.39. The van der Waals surface area contributed by atoms with Gasteiger partial charge in [-0.05, 0) is 31.0 Å². The molecular formula is C13H14BrNO3. The Hall–Kier alpha value is -1.36. The molecule has 4 nitrogen and oxygen atoms in total. The number of hydrogen-bond acceptors (Lipinski definition) is 2. The van der Waals surface area contributed by atoms with Crippen molar-refractivity contribution >= 4 is 27.8 Å². The van der Waals surface area contributed by atoms with Gasteiger partial charge in [0.05, 0.1) is 17.9 Å². The summed E-state index contributed by atoms with van der Waals surface area (Å²) in [5.74, 6) is -1.92. The van der Waals surface area contributed by atoms with E-state index >= 15 is 0 Å². The van der Waals surface area contributed by atoms with Crippen LogP contribution in [0.2, 0.25) is 0 Å². The lowest BCUT2D eigenvalue weighted by Crippen LogP contribution is -2.29. The van der Waals surface area contributed by atoms with Crippen LogP contribution in [0.5, 0.6) is 0 Å². The molecule has 1 amide bonds. The third kappa shape index (κ3) is 2.90. The van der Waals surface area contributed by atoms with Gasteiger partial charge in [0.2, 0.25) is 5.91 Å². The fourth-order valence-corrected chi connectivity index (χ4v) is 2.35. The van der Waals surface area contributed by atoms with Crippen molar-refractivity contribution in [3.05, 3.63) is 34.3 Å². The van der Waals surface area contributed by atoms with Crippen molar-refractivity contribution in [1.29, 1.82) is 0 Å². The van der Waals surface area contributed by atoms with Gasteiger partial charge >= 0.3 is 5.97 Å². The molecule has 0 spiro atoms. The van der Waals surface area contributed by atoms with Gasteiger partial charge in [0.15, 0.2) is 0 Å². The number of carboxylic acid groups (broad SMARTS) is 1. The topological polar surface area (TPSA) is 66.4 Å². The number of amides is 1.